The first kappa shape index (κ1) is 38.2. The number of hydrogen-bond acceptors (Lipinski definition) is 6. The lowest BCUT2D eigenvalue weighted by atomic mass is 9.94. The molecule has 0 fully saturated rings. The lowest BCUT2D eigenvalue weighted by Gasteiger charge is -2.28. The van der Waals surface area contributed by atoms with Crippen molar-refractivity contribution >= 4 is 98.9 Å². The van der Waals surface area contributed by atoms with E-state index in [1.165, 1.54) is 43.0 Å². The number of carbonyl (C=O) groups is 4. The fraction of sp³-hybridized carbons (Fsp3) is 0.333. The summed E-state index contributed by atoms with van der Waals surface area (Å²) in [5.74, 6) is -2.68. The van der Waals surface area contributed by atoms with E-state index in [9.17, 15) is 19.2 Å². The minimum atomic E-state index is -1.55. The number of amides is 3. The number of nitrogens with zero attached hydrogens (tertiary/aromatic N) is 1. The Labute approximate surface area is 298 Å². The molecule has 0 heterocycles. The van der Waals surface area contributed by atoms with Gasteiger partial charge in [0.05, 0.1) is 23.0 Å². The fourth-order valence-electron chi connectivity index (χ4n) is 4.48. The number of alkyl halides is 2. The number of hydrogen-bond donors (Lipinski definition) is 2. The summed E-state index contributed by atoms with van der Waals surface area (Å²) in [6, 6.07) is 13.9. The smallest absolute Gasteiger partial charge is 0.414 e. The quantitative estimate of drug-likeness (QED) is 0.158. The van der Waals surface area contributed by atoms with Gasteiger partial charge >= 0.3 is 12.1 Å². The van der Waals surface area contributed by atoms with Crippen LogP contribution in [0.5, 0.6) is 0 Å². The van der Waals surface area contributed by atoms with Gasteiger partial charge in [-0.15, -0.1) is 23.2 Å². The van der Waals surface area contributed by atoms with Crippen molar-refractivity contribution in [2.75, 3.05) is 28.7 Å². The number of rotatable bonds is 10. The maximum absolute atomic E-state index is 13.4. The molecule has 3 aromatic carbocycles. The third-order valence-corrected chi connectivity index (χ3v) is 7.67. The summed E-state index contributed by atoms with van der Waals surface area (Å²) in [5, 5.41) is 6.29. The Balaban J connectivity index is 1.84. The summed E-state index contributed by atoms with van der Waals surface area (Å²) < 4.78 is 9.01. The third kappa shape index (κ3) is 11.2. The molecule has 14 heteroatoms. The van der Waals surface area contributed by atoms with E-state index in [2.05, 4.69) is 10.6 Å². The summed E-state index contributed by atoms with van der Waals surface area (Å²) in [5.41, 5.74) is 1.49. The molecule has 2 N–H and O–H groups in total. The zero-order valence-electron chi connectivity index (χ0n) is 26.5. The molecule has 0 radical (unpaired) electrons. The molecule has 0 saturated heterocycles. The minimum Gasteiger partial charge on any atom is -0.464 e. The summed E-state index contributed by atoms with van der Waals surface area (Å²) >= 11 is 31.5. The highest BCUT2D eigenvalue weighted by atomic mass is 35.5. The van der Waals surface area contributed by atoms with Crippen LogP contribution in [0.25, 0.3) is 0 Å². The van der Waals surface area contributed by atoms with Gasteiger partial charge in [-0.25, -0.2) is 4.79 Å². The first-order valence-electron chi connectivity index (χ1n) is 14.3. The molecule has 0 aliphatic heterocycles. The molecule has 3 aromatic rings. The summed E-state index contributed by atoms with van der Waals surface area (Å²) in [6.45, 7) is 9.72. The number of ether oxygens (including phenoxy) is 2. The Kier molecular flexibility index (Phi) is 12.8. The van der Waals surface area contributed by atoms with Crippen LogP contribution in [-0.4, -0.2) is 47.0 Å². The van der Waals surface area contributed by atoms with Crippen LogP contribution in [0.1, 0.15) is 62.0 Å². The van der Waals surface area contributed by atoms with E-state index in [1.807, 2.05) is 0 Å². The molecule has 0 aliphatic carbocycles. The number of esters is 1. The van der Waals surface area contributed by atoms with Crippen LogP contribution in [0.4, 0.5) is 21.9 Å². The normalized spacial score (nSPS) is 12.1. The van der Waals surface area contributed by atoms with Gasteiger partial charge < -0.3 is 20.1 Å². The largest absolute Gasteiger partial charge is 0.464 e. The van der Waals surface area contributed by atoms with E-state index in [0.717, 1.165) is 0 Å². The Morgan fingerprint density at radius 1 is 0.872 bits per heavy atom. The van der Waals surface area contributed by atoms with Crippen LogP contribution in [0.3, 0.4) is 0 Å². The van der Waals surface area contributed by atoms with Crippen molar-refractivity contribution < 1.29 is 28.7 Å². The van der Waals surface area contributed by atoms with Gasteiger partial charge in [-0.1, -0.05) is 34.8 Å². The number of halogens is 5. The van der Waals surface area contributed by atoms with Crippen molar-refractivity contribution in [1.29, 1.82) is 0 Å². The zero-order chi connectivity index (χ0) is 35.3. The zero-order valence-corrected chi connectivity index (χ0v) is 30.3. The van der Waals surface area contributed by atoms with Crippen LogP contribution in [0.2, 0.25) is 15.1 Å². The Bertz CT molecular complexity index is 1650. The molecule has 3 amide bonds. The molecule has 0 aliphatic rings. The molecular formula is C33H34Cl5N3O6. The van der Waals surface area contributed by atoms with E-state index >= 15 is 0 Å². The van der Waals surface area contributed by atoms with Crippen LogP contribution in [0, 0.1) is 6.92 Å². The predicted octanol–water partition coefficient (Wildman–Crippen LogP) is 9.43. The van der Waals surface area contributed by atoms with Crippen LogP contribution in [0.15, 0.2) is 54.6 Å². The highest BCUT2D eigenvalue weighted by Crippen LogP contribution is 2.40. The van der Waals surface area contributed by atoms with Crippen LogP contribution >= 0.6 is 58.0 Å². The minimum absolute atomic E-state index is 0.0416. The molecule has 0 bridgehead atoms. The highest BCUT2D eigenvalue weighted by Gasteiger charge is 2.38. The van der Waals surface area contributed by atoms with E-state index in [-0.39, 0.29) is 29.4 Å². The number of nitrogens with one attached hydrogen (secondary N) is 2. The first-order chi connectivity index (χ1) is 21.7. The second-order valence-electron chi connectivity index (χ2n) is 11.7. The van der Waals surface area contributed by atoms with Crippen molar-refractivity contribution in [2.24, 2.45) is 0 Å². The predicted molar refractivity (Wildman–Crippen MR) is 189 cm³/mol. The van der Waals surface area contributed by atoms with E-state index < -0.39 is 39.7 Å². The second-order valence-corrected chi connectivity index (χ2v) is 14.7. The first-order valence-corrected chi connectivity index (χ1v) is 16.1. The maximum Gasteiger partial charge on any atom is 0.414 e. The summed E-state index contributed by atoms with van der Waals surface area (Å²) in [6.07, 6.45) is -0.629. The van der Waals surface area contributed by atoms with E-state index in [1.54, 1.807) is 58.0 Å². The second kappa shape index (κ2) is 15.8. The fourth-order valence-corrected chi connectivity index (χ4v) is 5.67. The van der Waals surface area contributed by atoms with Crippen LogP contribution in [-0.2, 0) is 19.1 Å². The molecule has 9 nitrogen and oxygen atoms in total. The summed E-state index contributed by atoms with van der Waals surface area (Å²) in [4.78, 5) is 52.4. The summed E-state index contributed by atoms with van der Waals surface area (Å²) in [7, 11) is 0. The highest BCUT2D eigenvalue weighted by molar-refractivity contribution is 6.50. The molecule has 3 rings (SSSR count). The van der Waals surface area contributed by atoms with Gasteiger partial charge in [-0.05, 0) is 100 Å². The van der Waals surface area contributed by atoms with E-state index in [4.69, 9.17) is 67.5 Å². The van der Waals surface area contributed by atoms with Gasteiger partial charge in [0.15, 0.2) is 0 Å². The Morgan fingerprint density at radius 2 is 1.51 bits per heavy atom. The molecule has 1 unspecified atom stereocenters. The Morgan fingerprint density at radius 3 is 2.06 bits per heavy atom. The van der Waals surface area contributed by atoms with Gasteiger partial charge in [0.1, 0.15) is 16.5 Å². The Hall–Kier alpha value is -3.21. The van der Waals surface area contributed by atoms with Gasteiger partial charge in [-0.3, -0.25) is 19.3 Å². The molecular weight excluding hydrogens is 712 g/mol. The lowest BCUT2D eigenvalue weighted by molar-refractivity contribution is -0.140. The molecule has 47 heavy (non-hydrogen) atoms. The van der Waals surface area contributed by atoms with Gasteiger partial charge in [0.2, 0.25) is 5.91 Å². The van der Waals surface area contributed by atoms with Crippen molar-refractivity contribution in [3.05, 3.63) is 86.4 Å². The standard InChI is InChI=1S/C33H34Cl5N3O6/c1-18-13-24(41(11-12-46-19(2)42)31(45)47-32(3,4)5)8-10-27(18)40-29(43)25-17-23(7-9-26(25)36)39-30(44)28(33(6,37)38)20-14-21(34)16-22(35)15-20/h7-10,13-17,28H,11-12H2,1-6H3,(H,39,44)(H,40,43). The van der Waals surface area contributed by atoms with Crippen molar-refractivity contribution in [1.82, 2.24) is 0 Å². The average molecular weight is 746 g/mol. The lowest BCUT2D eigenvalue weighted by Crippen LogP contribution is -2.39. The number of benzene rings is 3. The molecule has 0 aromatic heterocycles. The van der Waals surface area contributed by atoms with E-state index in [0.29, 0.717) is 32.5 Å². The SMILES string of the molecule is CC(=O)OCCN(C(=O)OC(C)(C)C)c1ccc(NC(=O)c2cc(NC(=O)C(c3cc(Cl)cc(Cl)c3)C(C)(Cl)Cl)ccc2Cl)c(C)c1. The number of carbonyl (C=O) groups excluding carboxylic acids is 4. The van der Waals surface area contributed by atoms with Gasteiger partial charge in [0, 0.05) is 34.0 Å². The number of anilines is 3. The van der Waals surface area contributed by atoms with Crippen LogP contribution < -0.4 is 15.5 Å². The molecule has 0 spiro atoms. The van der Waals surface area contributed by atoms with Gasteiger partial charge in [-0.2, -0.15) is 0 Å². The number of aryl methyl sites for hydroxylation is 1. The molecule has 252 valence electrons. The maximum atomic E-state index is 13.4. The molecule has 1 atom stereocenters. The topological polar surface area (TPSA) is 114 Å². The van der Waals surface area contributed by atoms with Crippen molar-refractivity contribution in [3.8, 4) is 0 Å². The van der Waals surface area contributed by atoms with Crippen molar-refractivity contribution in [2.45, 2.75) is 57.4 Å². The molecule has 0 saturated carbocycles. The monoisotopic (exact) mass is 743 g/mol. The average Bonchev–Trinajstić information content (AvgIpc) is 2.91. The van der Waals surface area contributed by atoms with Gasteiger partial charge in [0.25, 0.3) is 5.91 Å². The van der Waals surface area contributed by atoms with Crippen molar-refractivity contribution in [3.63, 3.8) is 0 Å². The third-order valence-electron chi connectivity index (χ3n) is 6.47.